The Morgan fingerprint density at radius 2 is 1.85 bits per heavy atom. The lowest BCUT2D eigenvalue weighted by Gasteiger charge is -2.18. The second kappa shape index (κ2) is 4.72. The third-order valence-electron chi connectivity index (χ3n) is 4.12. The molecule has 106 valence electrons. The van der Waals surface area contributed by atoms with Gasteiger partial charge in [-0.3, -0.25) is 0 Å². The van der Waals surface area contributed by atoms with Gasteiger partial charge in [-0.05, 0) is 23.3 Å². The molecule has 0 spiro atoms. The summed E-state index contributed by atoms with van der Waals surface area (Å²) in [6, 6.07) is 8.67. The monoisotopic (exact) mass is 269 g/mol. The lowest BCUT2D eigenvalue weighted by molar-refractivity contribution is 0.386. The average molecular weight is 269 g/mol. The quantitative estimate of drug-likeness (QED) is 0.788. The molecule has 1 unspecified atom stereocenters. The van der Waals surface area contributed by atoms with Crippen LogP contribution in [-0.4, -0.2) is 14.8 Å². The van der Waals surface area contributed by atoms with Crippen LogP contribution in [0.15, 0.2) is 24.3 Å². The maximum atomic E-state index is 4.72. The van der Waals surface area contributed by atoms with Crippen molar-refractivity contribution < 1.29 is 0 Å². The minimum Gasteiger partial charge on any atom is -0.249 e. The van der Waals surface area contributed by atoms with Gasteiger partial charge in [-0.15, -0.1) is 0 Å². The van der Waals surface area contributed by atoms with E-state index in [0.29, 0.717) is 0 Å². The first-order valence-corrected chi connectivity index (χ1v) is 7.48. The standard InChI is InChI=1S/C17H23N3/c1-12-9-10-20-15(11-12)18-16(19-20)13-5-7-14(8-6-13)17(2,3)4/h5-8,12H,9-11H2,1-4H3. The van der Waals surface area contributed by atoms with E-state index < -0.39 is 0 Å². The predicted octanol–water partition coefficient (Wildman–Crippen LogP) is 3.82. The summed E-state index contributed by atoms with van der Waals surface area (Å²) in [5, 5.41) is 4.65. The molecule has 0 saturated carbocycles. The van der Waals surface area contributed by atoms with Crippen molar-refractivity contribution in [1.29, 1.82) is 0 Å². The third-order valence-corrected chi connectivity index (χ3v) is 4.12. The molecule has 1 aromatic heterocycles. The SMILES string of the molecule is CC1CCn2nc(-c3ccc(C(C)(C)C)cc3)nc2C1. The molecule has 3 heteroatoms. The van der Waals surface area contributed by atoms with Crippen LogP contribution in [0, 0.1) is 5.92 Å². The molecule has 1 aliphatic rings. The molecule has 0 aliphatic carbocycles. The van der Waals surface area contributed by atoms with Gasteiger partial charge in [0.2, 0.25) is 0 Å². The van der Waals surface area contributed by atoms with Crippen molar-refractivity contribution in [2.45, 2.75) is 52.5 Å². The molecule has 2 heterocycles. The number of aromatic nitrogens is 3. The van der Waals surface area contributed by atoms with Gasteiger partial charge in [0.1, 0.15) is 5.82 Å². The molecule has 1 aromatic carbocycles. The van der Waals surface area contributed by atoms with Crippen LogP contribution < -0.4 is 0 Å². The molecule has 3 nitrogen and oxygen atoms in total. The van der Waals surface area contributed by atoms with E-state index >= 15 is 0 Å². The van der Waals surface area contributed by atoms with Crippen molar-refractivity contribution in [1.82, 2.24) is 14.8 Å². The van der Waals surface area contributed by atoms with Crippen LogP contribution in [0.1, 0.15) is 45.5 Å². The maximum absolute atomic E-state index is 4.72. The summed E-state index contributed by atoms with van der Waals surface area (Å²) in [6.45, 7) is 9.99. The van der Waals surface area contributed by atoms with Gasteiger partial charge in [-0.2, -0.15) is 5.10 Å². The minimum absolute atomic E-state index is 0.189. The van der Waals surface area contributed by atoms with E-state index in [1.807, 2.05) is 0 Å². The normalized spacial score (nSPS) is 18.9. The van der Waals surface area contributed by atoms with Gasteiger partial charge in [0.05, 0.1) is 0 Å². The highest BCUT2D eigenvalue weighted by Gasteiger charge is 2.20. The van der Waals surface area contributed by atoms with Gasteiger partial charge in [-0.1, -0.05) is 52.0 Å². The van der Waals surface area contributed by atoms with E-state index in [2.05, 4.69) is 61.7 Å². The van der Waals surface area contributed by atoms with Crippen LogP contribution >= 0.6 is 0 Å². The van der Waals surface area contributed by atoms with Crippen LogP contribution in [0.4, 0.5) is 0 Å². The fourth-order valence-electron chi connectivity index (χ4n) is 2.70. The number of hydrogen-bond acceptors (Lipinski definition) is 2. The van der Waals surface area contributed by atoms with Crippen molar-refractivity contribution in [3.8, 4) is 11.4 Å². The van der Waals surface area contributed by atoms with Crippen molar-refractivity contribution in [3.63, 3.8) is 0 Å². The van der Waals surface area contributed by atoms with E-state index in [9.17, 15) is 0 Å². The molecule has 2 aromatic rings. The lowest BCUT2D eigenvalue weighted by Crippen LogP contribution is -2.18. The molecule has 0 saturated heterocycles. The van der Waals surface area contributed by atoms with Crippen LogP contribution in [0.3, 0.4) is 0 Å². The fourth-order valence-corrected chi connectivity index (χ4v) is 2.70. The molecule has 0 fully saturated rings. The summed E-state index contributed by atoms with van der Waals surface area (Å²) in [4.78, 5) is 4.72. The number of benzene rings is 1. The maximum Gasteiger partial charge on any atom is 0.181 e. The lowest BCUT2D eigenvalue weighted by atomic mass is 9.87. The predicted molar refractivity (Wildman–Crippen MR) is 81.6 cm³/mol. The second-order valence-corrected chi connectivity index (χ2v) is 7.00. The number of fused-ring (bicyclic) bond motifs is 1. The Bertz CT molecular complexity index is 602. The van der Waals surface area contributed by atoms with Crippen LogP contribution in [0.5, 0.6) is 0 Å². The van der Waals surface area contributed by atoms with E-state index in [1.165, 1.54) is 12.0 Å². The molecule has 0 amide bonds. The number of rotatable bonds is 1. The largest absolute Gasteiger partial charge is 0.249 e. The average Bonchev–Trinajstić information content (AvgIpc) is 2.80. The van der Waals surface area contributed by atoms with Crippen LogP contribution in [-0.2, 0) is 18.4 Å². The van der Waals surface area contributed by atoms with Crippen molar-refractivity contribution in [2.75, 3.05) is 0 Å². The topological polar surface area (TPSA) is 30.7 Å². The first-order chi connectivity index (χ1) is 9.43. The first-order valence-electron chi connectivity index (χ1n) is 7.48. The zero-order valence-electron chi connectivity index (χ0n) is 12.8. The number of hydrogen-bond donors (Lipinski definition) is 0. The van der Waals surface area contributed by atoms with E-state index in [-0.39, 0.29) is 5.41 Å². The fraction of sp³-hybridized carbons (Fsp3) is 0.529. The molecule has 0 radical (unpaired) electrons. The Balaban J connectivity index is 1.90. The van der Waals surface area contributed by atoms with Gasteiger partial charge in [0, 0.05) is 18.5 Å². The van der Waals surface area contributed by atoms with Crippen LogP contribution in [0.2, 0.25) is 0 Å². The molecule has 1 aliphatic heterocycles. The molecule has 1 atom stereocenters. The third kappa shape index (κ3) is 2.49. The van der Waals surface area contributed by atoms with Gasteiger partial charge in [-0.25, -0.2) is 9.67 Å². The molecule has 3 rings (SSSR count). The highest BCUT2D eigenvalue weighted by atomic mass is 15.3. The summed E-state index contributed by atoms with van der Waals surface area (Å²) >= 11 is 0. The van der Waals surface area contributed by atoms with Gasteiger partial charge >= 0.3 is 0 Å². The summed E-state index contributed by atoms with van der Waals surface area (Å²) < 4.78 is 2.08. The van der Waals surface area contributed by atoms with Crippen molar-refractivity contribution >= 4 is 0 Å². The Morgan fingerprint density at radius 3 is 2.50 bits per heavy atom. The van der Waals surface area contributed by atoms with Crippen LogP contribution in [0.25, 0.3) is 11.4 Å². The zero-order chi connectivity index (χ0) is 14.3. The van der Waals surface area contributed by atoms with Crippen molar-refractivity contribution in [3.05, 3.63) is 35.7 Å². The second-order valence-electron chi connectivity index (χ2n) is 7.00. The van der Waals surface area contributed by atoms with Gasteiger partial charge in [0.15, 0.2) is 5.82 Å². The molecule has 0 bridgehead atoms. The van der Waals surface area contributed by atoms with Gasteiger partial charge < -0.3 is 0 Å². The molecular weight excluding hydrogens is 246 g/mol. The molecular formula is C17H23N3. The van der Waals surface area contributed by atoms with E-state index in [0.717, 1.165) is 36.1 Å². The smallest absolute Gasteiger partial charge is 0.181 e. The van der Waals surface area contributed by atoms with Crippen molar-refractivity contribution in [2.24, 2.45) is 5.92 Å². The Kier molecular flexibility index (Phi) is 3.15. The highest BCUT2D eigenvalue weighted by molar-refractivity contribution is 5.55. The Labute approximate surface area is 121 Å². The summed E-state index contributed by atoms with van der Waals surface area (Å²) in [6.07, 6.45) is 2.26. The Hall–Kier alpha value is -1.64. The number of nitrogens with zero attached hydrogens (tertiary/aromatic N) is 3. The van der Waals surface area contributed by atoms with E-state index in [4.69, 9.17) is 4.98 Å². The zero-order valence-corrected chi connectivity index (χ0v) is 12.8. The summed E-state index contributed by atoms with van der Waals surface area (Å²) in [7, 11) is 0. The minimum atomic E-state index is 0.189. The first kappa shape index (κ1) is 13.3. The highest BCUT2D eigenvalue weighted by Crippen LogP contribution is 2.26. The molecule has 0 N–H and O–H groups in total. The summed E-state index contributed by atoms with van der Waals surface area (Å²) in [5.41, 5.74) is 2.65. The summed E-state index contributed by atoms with van der Waals surface area (Å²) in [5.74, 6) is 2.73. The van der Waals surface area contributed by atoms with E-state index in [1.54, 1.807) is 0 Å². The van der Waals surface area contributed by atoms with Gasteiger partial charge in [0.25, 0.3) is 0 Å². The Morgan fingerprint density at radius 1 is 1.15 bits per heavy atom. The molecule has 20 heavy (non-hydrogen) atoms. The number of aryl methyl sites for hydroxylation is 1.